The Hall–Kier alpha value is -2.39. The van der Waals surface area contributed by atoms with Crippen LogP contribution in [0, 0.1) is 6.92 Å². The molecule has 3 rings (SSSR count). The van der Waals surface area contributed by atoms with Crippen LogP contribution >= 0.6 is 11.6 Å². The molecule has 26 heavy (non-hydrogen) atoms. The van der Waals surface area contributed by atoms with Crippen molar-refractivity contribution in [3.05, 3.63) is 64.7 Å². The number of aromatic nitrogens is 1. The Balaban J connectivity index is 2.17. The van der Waals surface area contributed by atoms with Gasteiger partial charge in [0.05, 0.1) is 16.8 Å². The van der Waals surface area contributed by atoms with Crippen LogP contribution in [0.1, 0.15) is 42.6 Å². The Morgan fingerprint density at radius 1 is 1.19 bits per heavy atom. The lowest BCUT2D eigenvalue weighted by Crippen LogP contribution is -2.33. The molecule has 1 unspecified atom stereocenters. The first-order valence-electron chi connectivity index (χ1n) is 8.97. The number of nitrogens with one attached hydrogen (secondary N) is 1. The topological polar surface area (TPSA) is 42.0 Å². The highest BCUT2D eigenvalue weighted by atomic mass is 35.5. The van der Waals surface area contributed by atoms with Crippen molar-refractivity contribution in [2.75, 3.05) is 0 Å². The molecule has 0 saturated heterocycles. The van der Waals surface area contributed by atoms with Crippen molar-refractivity contribution in [1.82, 2.24) is 10.3 Å². The van der Waals surface area contributed by atoms with Crippen molar-refractivity contribution in [2.24, 2.45) is 0 Å². The van der Waals surface area contributed by atoms with Gasteiger partial charge in [0.1, 0.15) is 0 Å². The van der Waals surface area contributed by atoms with Crippen LogP contribution in [-0.4, -0.2) is 16.9 Å². The van der Waals surface area contributed by atoms with E-state index in [1.54, 1.807) is 0 Å². The largest absolute Gasteiger partial charge is 0.350 e. The monoisotopic (exact) mass is 366 g/mol. The van der Waals surface area contributed by atoms with Crippen molar-refractivity contribution in [2.45, 2.75) is 39.7 Å². The highest BCUT2D eigenvalue weighted by Gasteiger charge is 2.20. The molecule has 4 heteroatoms. The molecule has 134 valence electrons. The number of fused-ring (bicyclic) bond motifs is 1. The second-order valence-electron chi connectivity index (χ2n) is 6.65. The van der Waals surface area contributed by atoms with Gasteiger partial charge in [0.2, 0.25) is 0 Å². The molecule has 3 nitrogen and oxygen atoms in total. The van der Waals surface area contributed by atoms with Gasteiger partial charge in [0.15, 0.2) is 0 Å². The maximum Gasteiger partial charge on any atom is 0.252 e. The van der Waals surface area contributed by atoms with Gasteiger partial charge in [-0.3, -0.25) is 4.79 Å². The molecule has 0 aliphatic rings. The number of benzene rings is 2. The molecule has 0 fully saturated rings. The second kappa shape index (κ2) is 7.88. The predicted molar refractivity (Wildman–Crippen MR) is 109 cm³/mol. The van der Waals surface area contributed by atoms with Crippen LogP contribution in [0.4, 0.5) is 0 Å². The summed E-state index contributed by atoms with van der Waals surface area (Å²) in [6, 6.07) is 15.5. The summed E-state index contributed by atoms with van der Waals surface area (Å²) in [5.74, 6) is -0.0506. The molecule has 0 aliphatic heterocycles. The zero-order chi connectivity index (χ0) is 18.7. The van der Waals surface area contributed by atoms with Crippen molar-refractivity contribution >= 4 is 28.4 Å². The molecule has 0 radical (unpaired) electrons. The number of hydrogen-bond acceptors (Lipinski definition) is 2. The van der Waals surface area contributed by atoms with Crippen LogP contribution in [0.25, 0.3) is 22.2 Å². The molecule has 1 atom stereocenters. The van der Waals surface area contributed by atoms with Gasteiger partial charge < -0.3 is 5.32 Å². The van der Waals surface area contributed by atoms with Crippen LogP contribution in [0.2, 0.25) is 5.02 Å². The average Bonchev–Trinajstić information content (AvgIpc) is 2.61. The van der Waals surface area contributed by atoms with E-state index in [0.717, 1.165) is 40.6 Å². The van der Waals surface area contributed by atoms with E-state index in [-0.39, 0.29) is 11.9 Å². The number of halogens is 1. The van der Waals surface area contributed by atoms with Gasteiger partial charge in [-0.15, -0.1) is 0 Å². The maximum absolute atomic E-state index is 13.1. The van der Waals surface area contributed by atoms with E-state index in [4.69, 9.17) is 16.6 Å². The molecule has 2 aromatic carbocycles. The number of pyridine rings is 1. The lowest BCUT2D eigenvalue weighted by atomic mass is 9.97. The fourth-order valence-corrected chi connectivity index (χ4v) is 3.51. The van der Waals surface area contributed by atoms with E-state index >= 15 is 0 Å². The number of carbonyl (C=O) groups is 1. The van der Waals surface area contributed by atoms with Gasteiger partial charge in [-0.05, 0) is 44.0 Å². The standard InChI is InChI=1S/C22H23ClN2O/c1-4-8-14(2)24-22(26)20-15(3)21(16-9-7-10-17(23)13-16)25-19-12-6-5-11-18(19)20/h5-7,9-14H,4,8H2,1-3H3,(H,24,26). The minimum atomic E-state index is -0.0506. The van der Waals surface area contributed by atoms with Gasteiger partial charge in [0, 0.05) is 22.0 Å². The number of para-hydroxylation sites is 1. The second-order valence-corrected chi connectivity index (χ2v) is 7.09. The lowest BCUT2D eigenvalue weighted by molar-refractivity contribution is 0.0939. The molecular formula is C22H23ClN2O. The van der Waals surface area contributed by atoms with Crippen molar-refractivity contribution in [3.8, 4) is 11.3 Å². The third kappa shape index (κ3) is 3.73. The van der Waals surface area contributed by atoms with Crippen molar-refractivity contribution < 1.29 is 4.79 Å². The summed E-state index contributed by atoms with van der Waals surface area (Å²) in [7, 11) is 0. The van der Waals surface area contributed by atoms with E-state index in [2.05, 4.69) is 12.2 Å². The molecule has 1 N–H and O–H groups in total. The minimum absolute atomic E-state index is 0.0506. The molecular weight excluding hydrogens is 344 g/mol. The van der Waals surface area contributed by atoms with Gasteiger partial charge in [0.25, 0.3) is 5.91 Å². The third-order valence-electron chi connectivity index (χ3n) is 4.56. The Morgan fingerprint density at radius 2 is 1.96 bits per heavy atom. The SMILES string of the molecule is CCCC(C)NC(=O)c1c(C)c(-c2cccc(Cl)c2)nc2ccccc12. The first-order chi connectivity index (χ1) is 12.5. The Kier molecular flexibility index (Phi) is 5.58. The zero-order valence-electron chi connectivity index (χ0n) is 15.3. The first kappa shape index (κ1) is 18.4. The third-order valence-corrected chi connectivity index (χ3v) is 4.80. The lowest BCUT2D eigenvalue weighted by Gasteiger charge is -2.17. The summed E-state index contributed by atoms with van der Waals surface area (Å²) < 4.78 is 0. The number of hydrogen-bond donors (Lipinski definition) is 1. The van der Waals surface area contributed by atoms with Crippen LogP contribution < -0.4 is 5.32 Å². The molecule has 0 bridgehead atoms. The Labute approximate surface area is 159 Å². The van der Waals surface area contributed by atoms with Crippen LogP contribution in [0.15, 0.2) is 48.5 Å². The predicted octanol–water partition coefficient (Wildman–Crippen LogP) is 5.78. The number of rotatable bonds is 5. The first-order valence-corrected chi connectivity index (χ1v) is 9.35. The Bertz CT molecular complexity index is 952. The molecule has 1 aromatic heterocycles. The number of nitrogens with zero attached hydrogens (tertiary/aromatic N) is 1. The number of carbonyl (C=O) groups excluding carboxylic acids is 1. The highest BCUT2D eigenvalue weighted by molar-refractivity contribution is 6.30. The van der Waals surface area contributed by atoms with Gasteiger partial charge >= 0.3 is 0 Å². The number of amides is 1. The summed E-state index contributed by atoms with van der Waals surface area (Å²) in [6.07, 6.45) is 1.99. The van der Waals surface area contributed by atoms with E-state index in [9.17, 15) is 4.79 Å². The molecule has 1 amide bonds. The molecule has 1 heterocycles. The van der Waals surface area contributed by atoms with E-state index in [1.165, 1.54) is 0 Å². The van der Waals surface area contributed by atoms with Crippen molar-refractivity contribution in [1.29, 1.82) is 0 Å². The molecule has 3 aromatic rings. The fourth-order valence-electron chi connectivity index (χ4n) is 3.32. The van der Waals surface area contributed by atoms with Crippen LogP contribution in [-0.2, 0) is 0 Å². The van der Waals surface area contributed by atoms with Crippen LogP contribution in [0.5, 0.6) is 0 Å². The fraction of sp³-hybridized carbons (Fsp3) is 0.273. The summed E-state index contributed by atoms with van der Waals surface area (Å²) >= 11 is 6.16. The van der Waals surface area contributed by atoms with Crippen LogP contribution in [0.3, 0.4) is 0 Å². The van der Waals surface area contributed by atoms with Gasteiger partial charge in [-0.2, -0.15) is 0 Å². The zero-order valence-corrected chi connectivity index (χ0v) is 16.1. The van der Waals surface area contributed by atoms with Gasteiger partial charge in [-0.25, -0.2) is 4.98 Å². The molecule has 0 saturated carbocycles. The summed E-state index contributed by atoms with van der Waals surface area (Å²) in [5.41, 5.74) is 4.07. The average molecular weight is 367 g/mol. The Morgan fingerprint density at radius 3 is 2.69 bits per heavy atom. The summed E-state index contributed by atoms with van der Waals surface area (Å²) in [4.78, 5) is 17.9. The van der Waals surface area contributed by atoms with Gasteiger partial charge in [-0.1, -0.05) is 55.3 Å². The van der Waals surface area contributed by atoms with E-state index in [0.29, 0.717) is 10.6 Å². The molecule has 0 spiro atoms. The summed E-state index contributed by atoms with van der Waals surface area (Å²) in [5, 5.41) is 4.65. The normalized spacial score (nSPS) is 12.2. The highest BCUT2D eigenvalue weighted by Crippen LogP contribution is 2.30. The van der Waals surface area contributed by atoms with Crippen molar-refractivity contribution in [3.63, 3.8) is 0 Å². The summed E-state index contributed by atoms with van der Waals surface area (Å²) in [6.45, 7) is 6.11. The van der Waals surface area contributed by atoms with E-state index < -0.39 is 0 Å². The minimum Gasteiger partial charge on any atom is -0.350 e. The smallest absolute Gasteiger partial charge is 0.252 e. The quantitative estimate of drug-likeness (QED) is 0.621. The van der Waals surface area contributed by atoms with E-state index in [1.807, 2.05) is 62.4 Å². The maximum atomic E-state index is 13.1. The molecule has 0 aliphatic carbocycles.